The van der Waals surface area contributed by atoms with Crippen LogP contribution in [0.4, 0.5) is 5.69 Å². The first-order valence-corrected chi connectivity index (χ1v) is 10.6. The Bertz CT molecular complexity index is 843. The molecule has 1 fully saturated rings. The Kier molecular flexibility index (Phi) is 8.17. The third-order valence-electron chi connectivity index (χ3n) is 5.71. The van der Waals surface area contributed by atoms with Crippen LogP contribution in [0.1, 0.15) is 17.0 Å². The number of aliphatic hydroxyl groups is 1. The zero-order chi connectivity index (χ0) is 20.1. The fraction of sp³-hybridized carbons (Fsp3) is 0.280. The molecule has 0 spiro atoms. The van der Waals surface area contributed by atoms with E-state index in [-0.39, 0.29) is 18.3 Å². The first-order chi connectivity index (χ1) is 14.2. The summed E-state index contributed by atoms with van der Waals surface area (Å²) in [6.07, 6.45) is -0.457. The van der Waals surface area contributed by atoms with Crippen LogP contribution in [0, 0.1) is 0 Å². The van der Waals surface area contributed by atoms with Crippen molar-refractivity contribution in [1.29, 1.82) is 0 Å². The van der Waals surface area contributed by atoms with Crippen molar-refractivity contribution in [1.82, 2.24) is 4.90 Å². The lowest BCUT2D eigenvalue weighted by Crippen LogP contribution is -2.49. The van der Waals surface area contributed by atoms with Crippen LogP contribution < -0.4 is 4.90 Å². The lowest BCUT2D eigenvalue weighted by molar-refractivity contribution is 0.0962. The third-order valence-corrected chi connectivity index (χ3v) is 5.96. The molecular formula is C25H28Cl2N2O. The number of β-amino-alcohol motifs (C(OH)–C–C–N with tert-alkyl or cyclic N) is 1. The van der Waals surface area contributed by atoms with Crippen molar-refractivity contribution in [2.24, 2.45) is 0 Å². The fourth-order valence-electron chi connectivity index (χ4n) is 4.17. The molecule has 1 heterocycles. The lowest BCUT2D eigenvalue weighted by atomic mass is 9.86. The summed E-state index contributed by atoms with van der Waals surface area (Å²) in [5.41, 5.74) is 3.53. The molecular weight excluding hydrogens is 415 g/mol. The summed E-state index contributed by atoms with van der Waals surface area (Å²) in [4.78, 5) is 4.75. The van der Waals surface area contributed by atoms with Gasteiger partial charge in [0.25, 0.3) is 0 Å². The van der Waals surface area contributed by atoms with Gasteiger partial charge in [0.2, 0.25) is 0 Å². The van der Waals surface area contributed by atoms with E-state index in [1.807, 2.05) is 48.5 Å². The molecule has 30 heavy (non-hydrogen) atoms. The maximum absolute atomic E-state index is 11.2. The minimum Gasteiger partial charge on any atom is -0.391 e. The lowest BCUT2D eigenvalue weighted by Gasteiger charge is -2.38. The second kappa shape index (κ2) is 10.8. The number of hydrogen-bond acceptors (Lipinski definition) is 3. The zero-order valence-corrected chi connectivity index (χ0v) is 18.5. The van der Waals surface area contributed by atoms with Gasteiger partial charge in [-0.2, -0.15) is 0 Å². The smallest absolute Gasteiger partial charge is 0.0776 e. The van der Waals surface area contributed by atoms with Gasteiger partial charge in [0.05, 0.1) is 6.10 Å². The van der Waals surface area contributed by atoms with Crippen LogP contribution in [0.5, 0.6) is 0 Å². The van der Waals surface area contributed by atoms with E-state index in [1.54, 1.807) is 0 Å². The second-order valence-corrected chi connectivity index (χ2v) is 8.07. The first-order valence-electron chi connectivity index (χ1n) is 10.2. The van der Waals surface area contributed by atoms with Crippen molar-refractivity contribution < 1.29 is 5.11 Å². The Balaban J connectivity index is 0.00000256. The molecule has 0 amide bonds. The van der Waals surface area contributed by atoms with Gasteiger partial charge in [0.1, 0.15) is 0 Å². The number of rotatable bonds is 6. The van der Waals surface area contributed by atoms with Gasteiger partial charge >= 0.3 is 0 Å². The number of piperazine rings is 1. The number of hydrogen-bond donors (Lipinski definition) is 1. The van der Waals surface area contributed by atoms with Crippen LogP contribution in [0.3, 0.4) is 0 Å². The van der Waals surface area contributed by atoms with Gasteiger partial charge in [0, 0.05) is 49.4 Å². The van der Waals surface area contributed by atoms with Gasteiger partial charge in [0.15, 0.2) is 0 Å². The molecule has 0 radical (unpaired) electrons. The highest BCUT2D eigenvalue weighted by molar-refractivity contribution is 6.30. The molecule has 0 bridgehead atoms. The van der Waals surface area contributed by atoms with E-state index in [1.165, 1.54) is 5.69 Å². The monoisotopic (exact) mass is 442 g/mol. The maximum Gasteiger partial charge on any atom is 0.0776 e. The molecule has 1 saturated heterocycles. The average Bonchev–Trinajstić information content (AvgIpc) is 2.77. The van der Waals surface area contributed by atoms with Gasteiger partial charge in [-0.1, -0.05) is 72.3 Å². The van der Waals surface area contributed by atoms with E-state index in [0.29, 0.717) is 6.54 Å². The molecule has 3 nitrogen and oxygen atoms in total. The summed E-state index contributed by atoms with van der Waals surface area (Å²) in [7, 11) is 0. The van der Waals surface area contributed by atoms with Crippen molar-refractivity contribution >= 4 is 29.7 Å². The largest absolute Gasteiger partial charge is 0.391 e. The summed E-state index contributed by atoms with van der Waals surface area (Å²) in [5.74, 6) is -0.0216. The van der Waals surface area contributed by atoms with Gasteiger partial charge in [-0.15, -0.1) is 12.4 Å². The first kappa shape index (κ1) is 22.6. The van der Waals surface area contributed by atoms with Crippen LogP contribution in [0.15, 0.2) is 84.9 Å². The predicted molar refractivity (Wildman–Crippen MR) is 128 cm³/mol. The highest BCUT2D eigenvalue weighted by Gasteiger charge is 2.26. The van der Waals surface area contributed by atoms with E-state index < -0.39 is 6.10 Å². The molecule has 3 aromatic rings. The van der Waals surface area contributed by atoms with Crippen LogP contribution in [0.2, 0.25) is 5.02 Å². The van der Waals surface area contributed by atoms with Crippen molar-refractivity contribution in [2.75, 3.05) is 37.6 Å². The van der Waals surface area contributed by atoms with E-state index in [9.17, 15) is 5.11 Å². The summed E-state index contributed by atoms with van der Waals surface area (Å²) in [6.45, 7) is 4.46. The van der Waals surface area contributed by atoms with Crippen LogP contribution in [-0.4, -0.2) is 48.8 Å². The van der Waals surface area contributed by atoms with E-state index in [0.717, 1.165) is 42.3 Å². The fourth-order valence-corrected chi connectivity index (χ4v) is 4.29. The van der Waals surface area contributed by atoms with Crippen molar-refractivity contribution in [2.45, 2.75) is 12.0 Å². The molecule has 1 N–H and O–H groups in total. The average molecular weight is 443 g/mol. The molecule has 0 aromatic heterocycles. The molecule has 1 aliphatic rings. The molecule has 5 heteroatoms. The molecule has 1 aliphatic heterocycles. The Morgan fingerprint density at radius 2 is 1.23 bits per heavy atom. The van der Waals surface area contributed by atoms with E-state index >= 15 is 0 Å². The Morgan fingerprint density at radius 1 is 0.733 bits per heavy atom. The minimum atomic E-state index is -0.457. The molecule has 0 saturated carbocycles. The second-order valence-electron chi connectivity index (χ2n) is 7.63. The normalized spacial score (nSPS) is 15.6. The number of benzene rings is 3. The molecule has 3 aromatic carbocycles. The van der Waals surface area contributed by atoms with Gasteiger partial charge in [-0.3, -0.25) is 4.90 Å². The molecule has 1 unspecified atom stereocenters. The standard InChI is InChI=1S/C25H27ClN2O.ClH/c26-22-11-13-23(14-12-22)28-17-15-27(16-18-28)19-24(29)25(20-7-3-1-4-8-20)21-9-5-2-6-10-21;/h1-14,24-25,29H,15-19H2;1H. The predicted octanol–water partition coefficient (Wildman–Crippen LogP) is 5.08. The third kappa shape index (κ3) is 5.55. The Labute approximate surface area is 190 Å². The van der Waals surface area contributed by atoms with Gasteiger partial charge in [-0.05, 0) is 35.4 Å². The number of halogens is 2. The van der Waals surface area contributed by atoms with Gasteiger partial charge < -0.3 is 10.0 Å². The summed E-state index contributed by atoms with van der Waals surface area (Å²) in [6, 6.07) is 28.7. The summed E-state index contributed by atoms with van der Waals surface area (Å²) >= 11 is 6.01. The molecule has 0 aliphatic carbocycles. The minimum absolute atomic E-state index is 0. The van der Waals surface area contributed by atoms with Crippen LogP contribution >= 0.6 is 24.0 Å². The number of nitrogens with zero attached hydrogens (tertiary/aromatic N) is 2. The SMILES string of the molecule is Cl.OC(CN1CCN(c2ccc(Cl)cc2)CC1)C(c1ccccc1)c1ccccc1. The maximum atomic E-state index is 11.2. The van der Waals surface area contributed by atoms with E-state index in [4.69, 9.17) is 11.6 Å². The highest BCUT2D eigenvalue weighted by Crippen LogP contribution is 2.29. The summed E-state index contributed by atoms with van der Waals surface area (Å²) in [5, 5.41) is 12.0. The van der Waals surface area contributed by atoms with E-state index in [2.05, 4.69) is 46.2 Å². The molecule has 1 atom stereocenters. The molecule has 158 valence electrons. The number of aliphatic hydroxyl groups excluding tert-OH is 1. The summed E-state index contributed by atoms with van der Waals surface area (Å²) < 4.78 is 0. The van der Waals surface area contributed by atoms with Gasteiger partial charge in [-0.25, -0.2) is 0 Å². The van der Waals surface area contributed by atoms with Crippen LogP contribution in [0.25, 0.3) is 0 Å². The number of anilines is 1. The Morgan fingerprint density at radius 3 is 1.73 bits per heavy atom. The Hall–Kier alpha value is -2.04. The van der Waals surface area contributed by atoms with Crippen LogP contribution in [-0.2, 0) is 0 Å². The van der Waals surface area contributed by atoms with Crippen molar-refractivity contribution in [3.8, 4) is 0 Å². The molecule has 4 rings (SSSR count). The zero-order valence-electron chi connectivity index (χ0n) is 16.9. The quantitative estimate of drug-likeness (QED) is 0.576. The topological polar surface area (TPSA) is 26.7 Å². The van der Waals surface area contributed by atoms with Crippen molar-refractivity contribution in [3.63, 3.8) is 0 Å². The highest BCUT2D eigenvalue weighted by atomic mass is 35.5. The van der Waals surface area contributed by atoms with Crippen molar-refractivity contribution in [3.05, 3.63) is 101 Å².